The summed E-state index contributed by atoms with van der Waals surface area (Å²) in [4.78, 5) is 11.2. The topological polar surface area (TPSA) is 102 Å². The number of aliphatic carboxylic acids is 1. The Hall–Kier alpha value is -2.82. The highest BCUT2D eigenvalue weighted by Crippen LogP contribution is 2.27. The van der Waals surface area contributed by atoms with Gasteiger partial charge in [0.05, 0.1) is 12.6 Å². The van der Waals surface area contributed by atoms with Gasteiger partial charge in [0.2, 0.25) is 0 Å². The molecule has 5 nitrogen and oxygen atoms in total. The van der Waals surface area contributed by atoms with Crippen molar-refractivity contribution >= 4 is 17.9 Å². The third-order valence-electron chi connectivity index (χ3n) is 4.27. The minimum Gasteiger partial charge on any atom is -0.481 e. The Morgan fingerprint density at radius 1 is 1.16 bits per heavy atom. The van der Waals surface area contributed by atoms with Crippen LogP contribution in [-0.2, 0) is 11.2 Å². The maximum absolute atomic E-state index is 11.2. The summed E-state index contributed by atoms with van der Waals surface area (Å²) in [6.45, 7) is 0. The molecular weight excluding hydrogens is 314 g/mol. The van der Waals surface area contributed by atoms with Crippen molar-refractivity contribution in [1.82, 2.24) is 0 Å². The van der Waals surface area contributed by atoms with E-state index in [1.807, 2.05) is 48.5 Å². The molecular formula is C20H25N3O2. The SMILES string of the molecule is NN=Cc1cccc(C(CCCCc2ccc(N)cc2)CC(=O)O)c1. The second kappa shape index (κ2) is 9.47. The molecule has 1 atom stereocenters. The number of nitrogen functional groups attached to an aromatic ring is 1. The molecule has 2 aromatic carbocycles. The Bertz CT molecular complexity index is 711. The normalized spacial score (nSPS) is 12.3. The van der Waals surface area contributed by atoms with E-state index in [1.165, 1.54) is 5.56 Å². The molecule has 1 unspecified atom stereocenters. The molecule has 0 saturated carbocycles. The Balaban J connectivity index is 1.94. The number of nitrogens with zero attached hydrogens (tertiary/aromatic N) is 1. The molecule has 2 aromatic rings. The minimum atomic E-state index is -0.776. The van der Waals surface area contributed by atoms with E-state index in [9.17, 15) is 9.90 Å². The maximum Gasteiger partial charge on any atom is 0.303 e. The molecule has 0 aliphatic carbocycles. The number of hydrogen-bond acceptors (Lipinski definition) is 4. The lowest BCUT2D eigenvalue weighted by Crippen LogP contribution is -2.07. The number of benzene rings is 2. The van der Waals surface area contributed by atoms with E-state index < -0.39 is 5.97 Å². The van der Waals surface area contributed by atoms with Crippen LogP contribution in [0.4, 0.5) is 5.69 Å². The summed E-state index contributed by atoms with van der Waals surface area (Å²) in [6, 6.07) is 15.7. The number of carboxylic acids is 1. The molecule has 0 fully saturated rings. The molecule has 5 N–H and O–H groups in total. The van der Waals surface area contributed by atoms with Gasteiger partial charge in [0.1, 0.15) is 0 Å². The number of carbonyl (C=O) groups is 1. The van der Waals surface area contributed by atoms with Gasteiger partial charge in [0, 0.05) is 5.69 Å². The first-order valence-electron chi connectivity index (χ1n) is 8.48. The van der Waals surface area contributed by atoms with Crippen LogP contribution in [0.1, 0.15) is 48.3 Å². The number of aryl methyl sites for hydroxylation is 1. The fraction of sp³-hybridized carbons (Fsp3) is 0.300. The Kier molecular flexibility index (Phi) is 7.01. The molecule has 0 bridgehead atoms. The second-order valence-corrected chi connectivity index (χ2v) is 6.23. The fourth-order valence-corrected chi connectivity index (χ4v) is 2.98. The average molecular weight is 339 g/mol. The first kappa shape index (κ1) is 18.5. The lowest BCUT2D eigenvalue weighted by molar-refractivity contribution is -0.137. The van der Waals surface area contributed by atoms with Gasteiger partial charge >= 0.3 is 5.97 Å². The van der Waals surface area contributed by atoms with Crippen molar-refractivity contribution in [2.24, 2.45) is 10.9 Å². The van der Waals surface area contributed by atoms with Crippen molar-refractivity contribution in [2.45, 2.75) is 38.0 Å². The number of hydrogen-bond donors (Lipinski definition) is 3. The smallest absolute Gasteiger partial charge is 0.303 e. The summed E-state index contributed by atoms with van der Waals surface area (Å²) >= 11 is 0. The summed E-state index contributed by atoms with van der Waals surface area (Å²) < 4.78 is 0. The first-order valence-corrected chi connectivity index (χ1v) is 8.48. The first-order chi connectivity index (χ1) is 12.1. The highest BCUT2D eigenvalue weighted by atomic mass is 16.4. The van der Waals surface area contributed by atoms with Crippen LogP contribution in [-0.4, -0.2) is 17.3 Å². The molecule has 132 valence electrons. The highest BCUT2D eigenvalue weighted by molar-refractivity contribution is 5.79. The summed E-state index contributed by atoms with van der Waals surface area (Å²) in [5.74, 6) is 4.42. The molecule has 0 radical (unpaired) electrons. The number of rotatable bonds is 9. The Labute approximate surface area is 148 Å². The maximum atomic E-state index is 11.2. The van der Waals surface area contributed by atoms with Crippen LogP contribution in [0.3, 0.4) is 0 Å². The zero-order chi connectivity index (χ0) is 18.1. The summed E-state index contributed by atoms with van der Waals surface area (Å²) in [5, 5.41) is 12.8. The summed E-state index contributed by atoms with van der Waals surface area (Å²) in [7, 11) is 0. The Morgan fingerprint density at radius 3 is 2.60 bits per heavy atom. The number of carboxylic acid groups (broad SMARTS) is 1. The predicted octanol–water partition coefficient (Wildman–Crippen LogP) is 3.53. The molecule has 0 aliphatic heterocycles. The van der Waals surface area contributed by atoms with Gasteiger partial charge in [0.15, 0.2) is 0 Å². The fourth-order valence-electron chi connectivity index (χ4n) is 2.98. The molecule has 0 amide bonds. The van der Waals surface area contributed by atoms with Crippen molar-refractivity contribution in [3.05, 3.63) is 65.2 Å². The summed E-state index contributed by atoms with van der Waals surface area (Å²) in [5.41, 5.74) is 9.62. The van der Waals surface area contributed by atoms with Gasteiger partial charge in [-0.3, -0.25) is 4.79 Å². The van der Waals surface area contributed by atoms with E-state index in [1.54, 1.807) is 6.21 Å². The predicted molar refractivity (Wildman–Crippen MR) is 102 cm³/mol. The number of hydrazone groups is 1. The second-order valence-electron chi connectivity index (χ2n) is 6.23. The molecule has 0 aliphatic rings. The third-order valence-corrected chi connectivity index (χ3v) is 4.27. The molecule has 0 heterocycles. The zero-order valence-corrected chi connectivity index (χ0v) is 14.3. The van der Waals surface area contributed by atoms with Crippen molar-refractivity contribution < 1.29 is 9.90 Å². The van der Waals surface area contributed by atoms with Crippen LogP contribution in [0.5, 0.6) is 0 Å². The van der Waals surface area contributed by atoms with Gasteiger partial charge in [-0.25, -0.2) is 0 Å². The third kappa shape index (κ3) is 6.30. The lowest BCUT2D eigenvalue weighted by Gasteiger charge is -2.16. The lowest BCUT2D eigenvalue weighted by atomic mass is 9.89. The van der Waals surface area contributed by atoms with Gasteiger partial charge in [-0.05, 0) is 60.1 Å². The van der Waals surface area contributed by atoms with Crippen molar-refractivity contribution in [3.63, 3.8) is 0 Å². The van der Waals surface area contributed by atoms with E-state index in [4.69, 9.17) is 11.6 Å². The monoisotopic (exact) mass is 339 g/mol. The molecule has 0 saturated heterocycles. The van der Waals surface area contributed by atoms with Gasteiger partial charge in [-0.1, -0.05) is 36.8 Å². The molecule has 25 heavy (non-hydrogen) atoms. The van der Waals surface area contributed by atoms with E-state index in [-0.39, 0.29) is 12.3 Å². The van der Waals surface area contributed by atoms with Crippen molar-refractivity contribution in [1.29, 1.82) is 0 Å². The molecule has 0 spiro atoms. The minimum absolute atomic E-state index is 0.00459. The zero-order valence-electron chi connectivity index (χ0n) is 14.3. The van der Waals surface area contributed by atoms with Crippen LogP contribution in [0, 0.1) is 0 Å². The number of anilines is 1. The Morgan fingerprint density at radius 2 is 1.92 bits per heavy atom. The summed E-state index contributed by atoms with van der Waals surface area (Å²) in [6.07, 6.45) is 5.50. The van der Waals surface area contributed by atoms with E-state index in [2.05, 4.69) is 5.10 Å². The molecule has 5 heteroatoms. The highest BCUT2D eigenvalue weighted by Gasteiger charge is 2.15. The van der Waals surface area contributed by atoms with Crippen LogP contribution in [0.15, 0.2) is 53.6 Å². The van der Waals surface area contributed by atoms with E-state index in [0.717, 1.165) is 42.5 Å². The quantitative estimate of drug-likeness (QED) is 0.214. The largest absolute Gasteiger partial charge is 0.481 e. The van der Waals surface area contributed by atoms with Crippen LogP contribution < -0.4 is 11.6 Å². The van der Waals surface area contributed by atoms with Gasteiger partial charge < -0.3 is 16.7 Å². The van der Waals surface area contributed by atoms with Gasteiger partial charge in [0.25, 0.3) is 0 Å². The van der Waals surface area contributed by atoms with Crippen molar-refractivity contribution in [2.75, 3.05) is 5.73 Å². The van der Waals surface area contributed by atoms with E-state index in [0.29, 0.717) is 0 Å². The van der Waals surface area contributed by atoms with Crippen molar-refractivity contribution in [3.8, 4) is 0 Å². The van der Waals surface area contributed by atoms with Crippen LogP contribution >= 0.6 is 0 Å². The van der Waals surface area contributed by atoms with Crippen LogP contribution in [0.2, 0.25) is 0 Å². The van der Waals surface area contributed by atoms with Gasteiger partial charge in [-0.2, -0.15) is 5.10 Å². The standard InChI is InChI=1S/C20H25N3O2/c21-19-10-8-15(9-11-19)4-1-2-6-18(13-20(24)25)17-7-3-5-16(12-17)14-23-22/h3,5,7-12,14,18H,1-2,4,6,13,21-22H2,(H,24,25). The molecule has 0 aromatic heterocycles. The number of nitrogens with two attached hydrogens (primary N) is 2. The van der Waals surface area contributed by atoms with Gasteiger partial charge in [-0.15, -0.1) is 0 Å². The van der Waals surface area contributed by atoms with E-state index >= 15 is 0 Å². The number of unbranched alkanes of at least 4 members (excludes halogenated alkanes) is 1. The molecule has 2 rings (SSSR count). The van der Waals surface area contributed by atoms with Crippen LogP contribution in [0.25, 0.3) is 0 Å². The average Bonchev–Trinajstić information content (AvgIpc) is 2.59.